The zero-order chi connectivity index (χ0) is 12.4. The van der Waals surface area contributed by atoms with E-state index in [1.165, 1.54) is 5.56 Å². The number of benzene rings is 1. The topological polar surface area (TPSA) is 17.8 Å². The second-order valence-electron chi connectivity index (χ2n) is 4.21. The second kappa shape index (κ2) is 4.92. The maximum absolute atomic E-state index is 5.93. The van der Waals surface area contributed by atoms with E-state index in [0.717, 1.165) is 29.1 Å². The molecular weight excluding hydrogens is 232 g/mol. The van der Waals surface area contributed by atoms with Crippen LogP contribution in [0.2, 0.25) is 0 Å². The highest BCUT2D eigenvalue weighted by molar-refractivity contribution is 6.17. The van der Waals surface area contributed by atoms with E-state index in [-0.39, 0.29) is 0 Å². The molecule has 2 nitrogen and oxygen atoms in total. The van der Waals surface area contributed by atoms with Crippen LogP contribution in [0.5, 0.6) is 0 Å². The average Bonchev–Trinajstić information content (AvgIpc) is 2.64. The zero-order valence-electron chi connectivity index (χ0n) is 10.5. The number of nitrogens with zero attached hydrogens (tertiary/aromatic N) is 2. The molecule has 0 atom stereocenters. The fourth-order valence-electron chi connectivity index (χ4n) is 1.99. The van der Waals surface area contributed by atoms with Crippen molar-refractivity contribution in [2.75, 3.05) is 0 Å². The van der Waals surface area contributed by atoms with Crippen molar-refractivity contribution in [3.8, 4) is 5.69 Å². The van der Waals surface area contributed by atoms with Crippen LogP contribution in [0.4, 0.5) is 0 Å². The number of hydrogen-bond acceptors (Lipinski definition) is 1. The summed E-state index contributed by atoms with van der Waals surface area (Å²) in [7, 11) is 0. The molecule has 0 amide bonds. The lowest BCUT2D eigenvalue weighted by Gasteiger charge is -2.05. The third-order valence-electron chi connectivity index (χ3n) is 3.16. The largest absolute Gasteiger partial charge is 0.238 e. The summed E-state index contributed by atoms with van der Waals surface area (Å²) >= 11 is 5.93. The van der Waals surface area contributed by atoms with Gasteiger partial charge in [0.15, 0.2) is 0 Å². The van der Waals surface area contributed by atoms with Crippen LogP contribution in [-0.4, -0.2) is 9.78 Å². The van der Waals surface area contributed by atoms with E-state index in [9.17, 15) is 0 Å². The first kappa shape index (κ1) is 12.2. The van der Waals surface area contributed by atoms with Crippen LogP contribution in [0.15, 0.2) is 24.3 Å². The van der Waals surface area contributed by atoms with E-state index in [1.807, 2.05) is 11.6 Å². The first-order valence-electron chi connectivity index (χ1n) is 5.87. The van der Waals surface area contributed by atoms with Crippen molar-refractivity contribution in [1.82, 2.24) is 9.78 Å². The van der Waals surface area contributed by atoms with E-state index in [4.69, 9.17) is 11.6 Å². The number of aromatic nitrogens is 2. The molecule has 0 spiro atoms. The minimum atomic E-state index is 0.519. The third-order valence-corrected chi connectivity index (χ3v) is 3.43. The number of alkyl halides is 1. The van der Waals surface area contributed by atoms with Crippen LogP contribution < -0.4 is 0 Å². The standard InChI is InChI=1S/C14H17ClN2/c1-4-12-5-7-13(8-6-12)17-11(3)14(9-15)10(2)16-17/h5-8H,4,9H2,1-3H3. The van der Waals surface area contributed by atoms with Gasteiger partial charge in [-0.15, -0.1) is 11.6 Å². The second-order valence-corrected chi connectivity index (χ2v) is 4.48. The Morgan fingerprint density at radius 2 is 1.82 bits per heavy atom. The molecule has 1 aromatic heterocycles. The number of rotatable bonds is 3. The Labute approximate surface area is 107 Å². The lowest BCUT2D eigenvalue weighted by atomic mass is 10.1. The van der Waals surface area contributed by atoms with Gasteiger partial charge in [-0.3, -0.25) is 0 Å². The molecule has 0 fully saturated rings. The maximum atomic E-state index is 5.93. The Bertz CT molecular complexity index is 512. The molecule has 3 heteroatoms. The van der Waals surface area contributed by atoms with Gasteiger partial charge in [0, 0.05) is 11.3 Å². The van der Waals surface area contributed by atoms with Crippen LogP contribution >= 0.6 is 11.6 Å². The highest BCUT2D eigenvalue weighted by Gasteiger charge is 2.11. The molecule has 0 N–H and O–H groups in total. The predicted octanol–water partition coefficient (Wildman–Crippen LogP) is 3.79. The molecular formula is C14H17ClN2. The molecule has 0 radical (unpaired) electrons. The highest BCUT2D eigenvalue weighted by atomic mass is 35.5. The smallest absolute Gasteiger partial charge is 0.0649 e. The third kappa shape index (κ3) is 2.22. The Morgan fingerprint density at radius 3 is 2.29 bits per heavy atom. The summed E-state index contributed by atoms with van der Waals surface area (Å²) in [5.41, 5.74) is 5.71. The van der Waals surface area contributed by atoms with E-state index in [0.29, 0.717) is 5.88 Å². The van der Waals surface area contributed by atoms with Crippen molar-refractivity contribution in [1.29, 1.82) is 0 Å². The van der Waals surface area contributed by atoms with Gasteiger partial charge >= 0.3 is 0 Å². The lowest BCUT2D eigenvalue weighted by molar-refractivity contribution is 0.832. The molecule has 2 rings (SSSR count). The molecule has 90 valence electrons. The van der Waals surface area contributed by atoms with Crippen LogP contribution in [0.3, 0.4) is 0 Å². The Hall–Kier alpha value is -1.28. The SMILES string of the molecule is CCc1ccc(-n2nc(C)c(CCl)c2C)cc1. The molecule has 1 heterocycles. The normalized spacial score (nSPS) is 10.8. The Morgan fingerprint density at radius 1 is 1.18 bits per heavy atom. The molecule has 0 aliphatic rings. The van der Waals surface area contributed by atoms with Crippen molar-refractivity contribution in [3.05, 3.63) is 46.8 Å². The molecule has 0 saturated heterocycles. The van der Waals surface area contributed by atoms with Crippen LogP contribution in [0, 0.1) is 13.8 Å². The minimum Gasteiger partial charge on any atom is -0.238 e. The average molecular weight is 249 g/mol. The van der Waals surface area contributed by atoms with Crippen molar-refractivity contribution in [3.63, 3.8) is 0 Å². The van der Waals surface area contributed by atoms with Crippen molar-refractivity contribution in [2.24, 2.45) is 0 Å². The van der Waals surface area contributed by atoms with Gasteiger partial charge < -0.3 is 0 Å². The fraction of sp³-hybridized carbons (Fsp3) is 0.357. The molecule has 0 bridgehead atoms. The highest BCUT2D eigenvalue weighted by Crippen LogP contribution is 2.19. The molecule has 0 aliphatic heterocycles. The van der Waals surface area contributed by atoms with Gasteiger partial charge in [0.05, 0.1) is 17.3 Å². The summed E-state index contributed by atoms with van der Waals surface area (Å²) in [6.45, 7) is 6.22. The van der Waals surface area contributed by atoms with Crippen molar-refractivity contribution in [2.45, 2.75) is 33.1 Å². The quantitative estimate of drug-likeness (QED) is 0.756. The van der Waals surface area contributed by atoms with E-state index in [2.05, 4.69) is 43.2 Å². The molecule has 1 aromatic carbocycles. The summed E-state index contributed by atoms with van der Waals surface area (Å²) in [5.74, 6) is 0.519. The molecule has 0 aliphatic carbocycles. The van der Waals surface area contributed by atoms with Crippen molar-refractivity contribution < 1.29 is 0 Å². The zero-order valence-corrected chi connectivity index (χ0v) is 11.3. The maximum Gasteiger partial charge on any atom is 0.0649 e. The van der Waals surface area contributed by atoms with E-state index >= 15 is 0 Å². The van der Waals surface area contributed by atoms with Gasteiger partial charge in [-0.1, -0.05) is 19.1 Å². The summed E-state index contributed by atoms with van der Waals surface area (Å²) in [4.78, 5) is 0. The van der Waals surface area contributed by atoms with Gasteiger partial charge in [0.1, 0.15) is 0 Å². The Balaban J connectivity index is 2.45. The van der Waals surface area contributed by atoms with Gasteiger partial charge in [0.25, 0.3) is 0 Å². The molecule has 0 saturated carbocycles. The molecule has 17 heavy (non-hydrogen) atoms. The first-order chi connectivity index (χ1) is 8.17. The monoisotopic (exact) mass is 248 g/mol. The van der Waals surface area contributed by atoms with Gasteiger partial charge in [-0.05, 0) is 38.0 Å². The van der Waals surface area contributed by atoms with Crippen molar-refractivity contribution >= 4 is 11.6 Å². The van der Waals surface area contributed by atoms with Gasteiger partial charge in [-0.25, -0.2) is 4.68 Å². The summed E-state index contributed by atoms with van der Waals surface area (Å²) in [6.07, 6.45) is 1.06. The van der Waals surface area contributed by atoms with Crippen LogP contribution in [0.25, 0.3) is 5.69 Å². The fourth-order valence-corrected chi connectivity index (χ4v) is 2.38. The van der Waals surface area contributed by atoms with Crippen LogP contribution in [0.1, 0.15) is 29.4 Å². The van der Waals surface area contributed by atoms with Crippen LogP contribution in [-0.2, 0) is 12.3 Å². The molecule has 2 aromatic rings. The first-order valence-corrected chi connectivity index (χ1v) is 6.41. The van der Waals surface area contributed by atoms with Gasteiger partial charge in [-0.2, -0.15) is 5.10 Å². The number of halogens is 1. The van der Waals surface area contributed by atoms with E-state index < -0.39 is 0 Å². The minimum absolute atomic E-state index is 0.519. The summed E-state index contributed by atoms with van der Waals surface area (Å²) < 4.78 is 1.96. The summed E-state index contributed by atoms with van der Waals surface area (Å²) in [5, 5.41) is 4.54. The lowest BCUT2D eigenvalue weighted by Crippen LogP contribution is -1.99. The predicted molar refractivity (Wildman–Crippen MR) is 72.0 cm³/mol. The number of aryl methyl sites for hydroxylation is 2. The van der Waals surface area contributed by atoms with E-state index in [1.54, 1.807) is 0 Å². The number of hydrogen-bond donors (Lipinski definition) is 0. The molecule has 0 unspecified atom stereocenters. The summed E-state index contributed by atoms with van der Waals surface area (Å²) in [6, 6.07) is 8.50. The van der Waals surface area contributed by atoms with Gasteiger partial charge in [0.2, 0.25) is 0 Å². The Kier molecular flexibility index (Phi) is 3.53.